The zero-order valence-corrected chi connectivity index (χ0v) is 13.3. The van der Waals surface area contributed by atoms with E-state index in [0.717, 1.165) is 16.9 Å². The second kappa shape index (κ2) is 6.76. The number of likely N-dealkylation sites (N-methyl/N-ethyl adjacent to an activating group) is 1. The van der Waals surface area contributed by atoms with Gasteiger partial charge in [0.25, 0.3) is 5.91 Å². The fourth-order valence-electron chi connectivity index (χ4n) is 2.06. The van der Waals surface area contributed by atoms with Crippen molar-refractivity contribution in [3.05, 3.63) is 48.4 Å². The van der Waals surface area contributed by atoms with Gasteiger partial charge >= 0.3 is 0 Å². The Kier molecular flexibility index (Phi) is 4.99. The van der Waals surface area contributed by atoms with Crippen LogP contribution in [-0.4, -0.2) is 34.2 Å². The predicted molar refractivity (Wildman–Crippen MR) is 82.3 cm³/mol. The lowest BCUT2D eigenvalue weighted by molar-refractivity contribution is -0.886. The Morgan fingerprint density at radius 1 is 1.27 bits per heavy atom. The summed E-state index contributed by atoms with van der Waals surface area (Å²) in [6.45, 7) is 0.855. The molecule has 1 aromatic carbocycles. The van der Waals surface area contributed by atoms with Crippen LogP contribution in [0.4, 0.5) is 5.69 Å². The van der Waals surface area contributed by atoms with E-state index in [-0.39, 0.29) is 17.3 Å². The van der Waals surface area contributed by atoms with Gasteiger partial charge in [-0.1, -0.05) is 6.07 Å². The van der Waals surface area contributed by atoms with Crippen LogP contribution in [0, 0.1) is 0 Å². The number of hydrogen-bond acceptors (Lipinski definition) is 4. The molecule has 2 aromatic rings. The lowest BCUT2D eigenvalue weighted by Gasteiger charge is -2.12. The highest BCUT2D eigenvalue weighted by molar-refractivity contribution is 7.90. The molecule has 1 heterocycles. The van der Waals surface area contributed by atoms with Crippen LogP contribution in [-0.2, 0) is 21.2 Å². The standard InChI is InChI=1S/C15H18N2O4S/c1-17(10-13-6-4-8-21-13)11-15(18)16-12-5-3-7-14(9-12)22(2,19)20/h3-9H,10-11H2,1-2H3,(H,16,18)/p+1. The van der Waals surface area contributed by atoms with Crippen molar-refractivity contribution in [3.8, 4) is 0 Å². The summed E-state index contributed by atoms with van der Waals surface area (Å²) in [7, 11) is -1.40. The molecule has 0 saturated heterocycles. The molecule has 1 amide bonds. The van der Waals surface area contributed by atoms with Crippen molar-refractivity contribution in [2.75, 3.05) is 25.2 Å². The topological polar surface area (TPSA) is 80.8 Å². The zero-order chi connectivity index (χ0) is 16.2. The lowest BCUT2D eigenvalue weighted by Crippen LogP contribution is -3.08. The van der Waals surface area contributed by atoms with Gasteiger partial charge in [-0.15, -0.1) is 0 Å². The van der Waals surface area contributed by atoms with E-state index in [0.29, 0.717) is 12.2 Å². The second-order valence-electron chi connectivity index (χ2n) is 5.24. The maximum atomic E-state index is 12.0. The minimum atomic E-state index is -3.29. The summed E-state index contributed by atoms with van der Waals surface area (Å²) in [6.07, 6.45) is 2.73. The molecule has 0 radical (unpaired) electrons. The van der Waals surface area contributed by atoms with Crippen LogP contribution >= 0.6 is 0 Å². The van der Waals surface area contributed by atoms with Crippen LogP contribution in [0.2, 0.25) is 0 Å². The molecular weight excluding hydrogens is 304 g/mol. The van der Waals surface area contributed by atoms with Crippen molar-refractivity contribution < 1.29 is 22.5 Å². The van der Waals surface area contributed by atoms with Gasteiger partial charge in [0.15, 0.2) is 22.1 Å². The van der Waals surface area contributed by atoms with E-state index in [1.165, 1.54) is 12.1 Å². The number of anilines is 1. The maximum absolute atomic E-state index is 12.0. The number of amides is 1. The fourth-order valence-corrected chi connectivity index (χ4v) is 2.72. The minimum absolute atomic E-state index is 0.182. The van der Waals surface area contributed by atoms with Crippen molar-refractivity contribution in [2.24, 2.45) is 0 Å². The summed E-state index contributed by atoms with van der Waals surface area (Å²) in [5.74, 6) is 0.624. The highest BCUT2D eigenvalue weighted by atomic mass is 32.2. The van der Waals surface area contributed by atoms with Crippen LogP contribution < -0.4 is 10.2 Å². The van der Waals surface area contributed by atoms with Crippen molar-refractivity contribution in [1.82, 2.24) is 0 Å². The van der Waals surface area contributed by atoms with Crippen LogP contribution in [0.1, 0.15) is 5.76 Å². The number of carbonyl (C=O) groups is 1. The number of benzene rings is 1. The van der Waals surface area contributed by atoms with Crippen molar-refractivity contribution in [2.45, 2.75) is 11.4 Å². The highest BCUT2D eigenvalue weighted by Crippen LogP contribution is 2.14. The van der Waals surface area contributed by atoms with Crippen molar-refractivity contribution >= 4 is 21.4 Å². The summed E-state index contributed by atoms with van der Waals surface area (Å²) in [6, 6.07) is 9.88. The molecule has 0 fully saturated rings. The molecule has 2 N–H and O–H groups in total. The molecule has 6 nitrogen and oxygen atoms in total. The first-order valence-corrected chi connectivity index (χ1v) is 8.67. The quantitative estimate of drug-likeness (QED) is 0.803. The van der Waals surface area contributed by atoms with E-state index < -0.39 is 9.84 Å². The Hall–Kier alpha value is -2.12. The first-order chi connectivity index (χ1) is 10.3. The molecule has 22 heavy (non-hydrogen) atoms. The largest absolute Gasteiger partial charge is 0.463 e. The van der Waals surface area contributed by atoms with E-state index in [2.05, 4.69) is 5.32 Å². The molecule has 0 saturated carbocycles. The third kappa shape index (κ3) is 4.71. The Balaban J connectivity index is 1.94. The molecule has 0 aliphatic rings. The molecule has 7 heteroatoms. The van der Waals surface area contributed by atoms with Crippen LogP contribution in [0.5, 0.6) is 0 Å². The molecule has 2 rings (SSSR count). The van der Waals surface area contributed by atoms with Gasteiger partial charge in [-0.05, 0) is 30.3 Å². The summed E-state index contributed by atoms with van der Waals surface area (Å²) < 4.78 is 28.2. The number of rotatable bonds is 6. The average molecular weight is 323 g/mol. The molecule has 0 aliphatic heterocycles. The first kappa shape index (κ1) is 16.3. The fraction of sp³-hybridized carbons (Fsp3) is 0.267. The minimum Gasteiger partial charge on any atom is -0.463 e. The smallest absolute Gasteiger partial charge is 0.279 e. The molecular formula is C15H19N2O4S+. The monoisotopic (exact) mass is 323 g/mol. The van der Waals surface area contributed by atoms with Gasteiger partial charge < -0.3 is 14.6 Å². The van der Waals surface area contributed by atoms with E-state index in [9.17, 15) is 13.2 Å². The molecule has 0 spiro atoms. The van der Waals surface area contributed by atoms with E-state index in [1.54, 1.807) is 24.5 Å². The predicted octanol–water partition coefficient (Wildman–Crippen LogP) is 0.337. The molecule has 0 bridgehead atoms. The molecule has 118 valence electrons. The second-order valence-corrected chi connectivity index (χ2v) is 7.25. The zero-order valence-electron chi connectivity index (χ0n) is 12.5. The first-order valence-electron chi connectivity index (χ1n) is 6.78. The van der Waals surface area contributed by atoms with Gasteiger partial charge in [-0.2, -0.15) is 0 Å². The SMILES string of the molecule is C[NH+](CC(=O)Nc1cccc(S(C)(=O)=O)c1)Cc1ccco1. The molecule has 1 unspecified atom stereocenters. The Morgan fingerprint density at radius 2 is 2.05 bits per heavy atom. The van der Waals surface area contributed by atoms with E-state index >= 15 is 0 Å². The van der Waals surface area contributed by atoms with Gasteiger partial charge in [0.1, 0.15) is 6.54 Å². The molecule has 1 atom stereocenters. The molecule has 1 aromatic heterocycles. The summed E-state index contributed by atoms with van der Waals surface area (Å²) in [5, 5.41) is 2.71. The Bertz CT molecular complexity index is 739. The Morgan fingerprint density at radius 3 is 2.68 bits per heavy atom. The third-order valence-electron chi connectivity index (χ3n) is 3.06. The number of hydrogen-bond donors (Lipinski definition) is 2. The van der Waals surface area contributed by atoms with Crippen molar-refractivity contribution in [1.29, 1.82) is 0 Å². The van der Waals surface area contributed by atoms with Gasteiger partial charge in [0.2, 0.25) is 0 Å². The Labute approximate surface area is 129 Å². The third-order valence-corrected chi connectivity index (χ3v) is 4.17. The van der Waals surface area contributed by atoms with Crippen LogP contribution in [0.3, 0.4) is 0 Å². The van der Waals surface area contributed by atoms with Gasteiger partial charge in [-0.3, -0.25) is 4.79 Å². The van der Waals surface area contributed by atoms with Crippen LogP contribution in [0.15, 0.2) is 52.0 Å². The summed E-state index contributed by atoms with van der Waals surface area (Å²) >= 11 is 0. The number of sulfone groups is 1. The number of carbonyl (C=O) groups excluding carboxylic acids is 1. The van der Waals surface area contributed by atoms with Gasteiger partial charge in [0, 0.05) is 11.9 Å². The normalized spacial score (nSPS) is 12.8. The summed E-state index contributed by atoms with van der Waals surface area (Å²) in [4.78, 5) is 13.1. The van der Waals surface area contributed by atoms with Gasteiger partial charge in [-0.25, -0.2) is 8.42 Å². The lowest BCUT2D eigenvalue weighted by atomic mass is 10.3. The number of quaternary nitrogens is 1. The maximum Gasteiger partial charge on any atom is 0.279 e. The van der Waals surface area contributed by atoms with E-state index in [1.807, 2.05) is 13.1 Å². The van der Waals surface area contributed by atoms with E-state index in [4.69, 9.17) is 4.42 Å². The van der Waals surface area contributed by atoms with Crippen LogP contribution in [0.25, 0.3) is 0 Å². The van der Waals surface area contributed by atoms with Crippen molar-refractivity contribution in [3.63, 3.8) is 0 Å². The highest BCUT2D eigenvalue weighted by Gasteiger charge is 2.13. The molecule has 0 aliphatic carbocycles. The number of furan rings is 1. The van der Waals surface area contributed by atoms with Gasteiger partial charge in [0.05, 0.1) is 18.2 Å². The summed E-state index contributed by atoms with van der Waals surface area (Å²) in [5.41, 5.74) is 0.471. The average Bonchev–Trinajstić information content (AvgIpc) is 2.90. The number of nitrogens with one attached hydrogen (secondary N) is 2.